The quantitative estimate of drug-likeness (QED) is 0.109. The molecule has 0 aromatic carbocycles. The Labute approximate surface area is 254 Å². The molecule has 4 aromatic rings. The Balaban J connectivity index is 1.21. The van der Waals surface area contributed by atoms with E-state index in [0.29, 0.717) is 0 Å². The number of imidazole rings is 2. The number of ether oxygens (including phenoxy) is 2. The molecule has 0 amide bonds. The van der Waals surface area contributed by atoms with Gasteiger partial charge in [0.2, 0.25) is 5.95 Å². The van der Waals surface area contributed by atoms with E-state index >= 15 is 0 Å². The van der Waals surface area contributed by atoms with Gasteiger partial charge in [-0.25, -0.2) is 24.5 Å². The molecule has 22 nitrogen and oxygen atoms in total. The second-order valence-electron chi connectivity index (χ2n) is 10.1. The molecular formula is C20H24N10O12P2S. The van der Waals surface area contributed by atoms with E-state index in [1.54, 1.807) is 0 Å². The van der Waals surface area contributed by atoms with Gasteiger partial charge in [-0.15, -0.1) is 0 Å². The first-order valence-corrected chi connectivity index (χ1v) is 17.0. The zero-order valence-electron chi connectivity index (χ0n) is 22.4. The summed E-state index contributed by atoms with van der Waals surface area (Å²) in [7, 11) is -5.06. The van der Waals surface area contributed by atoms with Crippen LogP contribution >= 0.6 is 14.5 Å². The first-order valence-electron chi connectivity index (χ1n) is 13.0. The van der Waals surface area contributed by atoms with Gasteiger partial charge in [-0.3, -0.25) is 32.5 Å². The maximum absolute atomic E-state index is 13.2. The van der Waals surface area contributed by atoms with Crippen molar-refractivity contribution in [3.8, 4) is 0 Å². The lowest BCUT2D eigenvalue weighted by Crippen LogP contribution is -2.36. The van der Waals surface area contributed by atoms with Crippen LogP contribution in [0.2, 0.25) is 0 Å². The van der Waals surface area contributed by atoms with Crippen LogP contribution in [0.1, 0.15) is 12.5 Å². The predicted octanol–water partition coefficient (Wildman–Crippen LogP) is -2.23. The van der Waals surface area contributed by atoms with Gasteiger partial charge in [-0.05, 0) is 11.8 Å². The van der Waals surface area contributed by atoms with Gasteiger partial charge in [0.1, 0.15) is 48.5 Å². The first kappa shape index (κ1) is 30.6. The van der Waals surface area contributed by atoms with Crippen molar-refractivity contribution in [1.82, 2.24) is 39.0 Å². The van der Waals surface area contributed by atoms with E-state index in [9.17, 15) is 29.4 Å². The van der Waals surface area contributed by atoms with Crippen LogP contribution in [0.15, 0.2) is 23.8 Å². The predicted molar refractivity (Wildman–Crippen MR) is 150 cm³/mol. The van der Waals surface area contributed by atoms with E-state index in [-0.39, 0.29) is 34.1 Å². The fourth-order valence-electron chi connectivity index (χ4n) is 5.30. The van der Waals surface area contributed by atoms with Gasteiger partial charge in [0.15, 0.2) is 35.1 Å². The largest absolute Gasteiger partial charge is 0.472 e. The Morgan fingerprint density at radius 2 is 1.58 bits per heavy atom. The minimum absolute atomic E-state index is 0.0677. The van der Waals surface area contributed by atoms with Gasteiger partial charge in [-0.2, -0.15) is 4.98 Å². The molecule has 0 aliphatic carbocycles. The van der Waals surface area contributed by atoms with E-state index in [1.165, 1.54) is 17.2 Å². The monoisotopic (exact) mass is 690 g/mol. The Kier molecular flexibility index (Phi) is 7.52. The van der Waals surface area contributed by atoms with Crippen LogP contribution in [-0.4, -0.2) is 109 Å². The molecular weight excluding hydrogens is 666 g/mol. The highest BCUT2D eigenvalue weighted by molar-refractivity contribution is 8.07. The molecule has 7 heterocycles. The number of phosphoric ester groups is 1. The molecule has 3 aliphatic rings. The Hall–Kier alpha value is -3.02. The molecule has 3 saturated heterocycles. The Bertz CT molecular complexity index is 1940. The van der Waals surface area contributed by atoms with Crippen LogP contribution < -0.4 is 17.0 Å². The van der Waals surface area contributed by atoms with Gasteiger partial charge < -0.3 is 45.5 Å². The van der Waals surface area contributed by atoms with Gasteiger partial charge in [0.05, 0.1) is 25.9 Å². The number of nitrogens with zero attached hydrogens (tertiary/aromatic N) is 7. The van der Waals surface area contributed by atoms with Crippen LogP contribution in [0, 0.1) is 0 Å². The van der Waals surface area contributed by atoms with Gasteiger partial charge >= 0.3 is 14.5 Å². The van der Waals surface area contributed by atoms with Crippen LogP contribution in [0.5, 0.6) is 0 Å². The third-order valence-corrected chi connectivity index (χ3v) is 9.87. The zero-order valence-corrected chi connectivity index (χ0v) is 25.0. The minimum Gasteiger partial charge on any atom is -0.387 e. The fourth-order valence-corrected chi connectivity index (χ4v) is 7.67. The van der Waals surface area contributed by atoms with E-state index in [0.717, 1.165) is 10.9 Å². The van der Waals surface area contributed by atoms with Crippen molar-refractivity contribution in [3.05, 3.63) is 29.3 Å². The molecule has 0 spiro atoms. The summed E-state index contributed by atoms with van der Waals surface area (Å²) in [5.74, 6) is -0.189. The summed E-state index contributed by atoms with van der Waals surface area (Å²) in [6, 6.07) is 0. The molecule has 4 aromatic heterocycles. The first-order chi connectivity index (χ1) is 21.3. The zero-order chi connectivity index (χ0) is 31.8. The van der Waals surface area contributed by atoms with Crippen molar-refractivity contribution in [2.24, 2.45) is 0 Å². The number of nitrogens with one attached hydrogen (secondary N) is 1. The molecule has 9 N–H and O–H groups in total. The second-order valence-corrected chi connectivity index (χ2v) is 14.3. The molecule has 45 heavy (non-hydrogen) atoms. The van der Waals surface area contributed by atoms with Crippen molar-refractivity contribution in [1.29, 1.82) is 0 Å². The van der Waals surface area contributed by atoms with E-state index in [4.69, 9.17) is 50.8 Å². The number of hydrogen-bond acceptors (Lipinski definition) is 18. The average Bonchev–Trinajstić information content (AvgIpc) is 3.72. The molecule has 3 aliphatic heterocycles. The third-order valence-electron chi connectivity index (χ3n) is 7.32. The molecule has 0 saturated carbocycles. The molecule has 7 rings (SSSR count). The molecule has 25 heteroatoms. The smallest absolute Gasteiger partial charge is 0.387 e. The number of nitrogen functional groups attached to an aromatic ring is 2. The lowest BCUT2D eigenvalue weighted by atomic mass is 10.1. The number of rotatable bonds is 2. The number of aromatic amines is 1. The lowest BCUT2D eigenvalue weighted by Gasteiger charge is -2.27. The standard InChI is InChI=1S/C20H24N10O12P2S/c21-14-8-15(24-3-23-14)29(4-25-8)18-11(32)12-7(40-18)2-37-43(34,35)41-13-10(31)6(1-38-44(36,45)42-12)39-19(13)30-5-26-9-16(30)27-20(22)28-17(9)33/h3-7,10-13,18-19,31-32H,1-2H2,(H,34,35)(H,36,45)(H2,21,23,24)(H3,22,27,28,33)/t6-,7-,10?,11+,12?,13+,18-,19-,44?/m1/s1. The van der Waals surface area contributed by atoms with Crippen molar-refractivity contribution in [2.45, 2.75) is 49.1 Å². The van der Waals surface area contributed by atoms with E-state index in [2.05, 4.69) is 29.9 Å². The van der Waals surface area contributed by atoms with Gasteiger partial charge in [0, 0.05) is 0 Å². The normalized spacial score (nSPS) is 37.7. The second kappa shape index (κ2) is 11.1. The average molecular weight is 690 g/mol. The number of aliphatic hydroxyl groups is 2. The fraction of sp³-hybridized carbons (Fsp3) is 0.500. The van der Waals surface area contributed by atoms with Crippen molar-refractivity contribution >= 4 is 60.4 Å². The number of nitrogens with two attached hydrogens (primary N) is 2. The van der Waals surface area contributed by atoms with E-state index in [1.807, 2.05) is 0 Å². The topological polar surface area (TPSA) is 313 Å². The van der Waals surface area contributed by atoms with Crippen molar-refractivity contribution < 1.29 is 52.1 Å². The molecule has 4 unspecified atom stereocenters. The highest BCUT2D eigenvalue weighted by Crippen LogP contribution is 2.53. The molecule has 2 bridgehead atoms. The van der Waals surface area contributed by atoms with Crippen LogP contribution in [0.4, 0.5) is 11.8 Å². The van der Waals surface area contributed by atoms with Crippen LogP contribution in [0.25, 0.3) is 22.3 Å². The maximum Gasteiger partial charge on any atom is 0.472 e. The molecule has 242 valence electrons. The number of H-pyrrole nitrogens is 1. The number of aromatic nitrogens is 8. The number of aliphatic hydroxyl groups excluding tert-OH is 2. The highest BCUT2D eigenvalue weighted by atomic mass is 32.5. The summed E-state index contributed by atoms with van der Waals surface area (Å²) < 4.78 is 49.2. The molecule has 10 atom stereocenters. The van der Waals surface area contributed by atoms with Crippen molar-refractivity contribution in [3.63, 3.8) is 0 Å². The third kappa shape index (κ3) is 5.44. The van der Waals surface area contributed by atoms with Gasteiger partial charge in [0.25, 0.3) is 5.56 Å². The SMILES string of the molecule is Nc1nc2c(ncn2[C@@H]2O[C@@H]3COP(O)(=S)OC4[C@@H](COP(=O)(O)O[C@H]2C3O)O[C@@H](n2cnc3c(N)ncnc32)[C@H]4O)c(=O)[nH]1. The Morgan fingerprint density at radius 1 is 0.889 bits per heavy atom. The number of fused-ring (bicyclic) bond motifs is 5. The summed E-state index contributed by atoms with van der Waals surface area (Å²) in [4.78, 5) is 56.4. The number of phosphoric acid groups is 1. The molecule has 0 radical (unpaired) electrons. The lowest BCUT2D eigenvalue weighted by molar-refractivity contribution is -0.0647. The number of hydrogen-bond donors (Lipinski definition) is 7. The van der Waals surface area contributed by atoms with Gasteiger partial charge in [-0.1, -0.05) is 0 Å². The maximum atomic E-state index is 13.2. The van der Waals surface area contributed by atoms with Crippen molar-refractivity contribution in [2.75, 3.05) is 24.7 Å². The van der Waals surface area contributed by atoms with Crippen LogP contribution in [-0.2, 0) is 43.9 Å². The number of anilines is 2. The van der Waals surface area contributed by atoms with Crippen LogP contribution in [0.3, 0.4) is 0 Å². The summed E-state index contributed by atoms with van der Waals surface area (Å²) >= 11 is 5.18. The minimum atomic E-state index is -5.06. The Morgan fingerprint density at radius 3 is 2.36 bits per heavy atom. The summed E-state index contributed by atoms with van der Waals surface area (Å²) in [6.07, 6.45) is -8.15. The van der Waals surface area contributed by atoms with E-state index < -0.39 is 82.4 Å². The molecule has 3 fully saturated rings. The summed E-state index contributed by atoms with van der Waals surface area (Å²) in [6.45, 7) is -5.58. The summed E-state index contributed by atoms with van der Waals surface area (Å²) in [5.41, 5.74) is 11.0. The highest BCUT2D eigenvalue weighted by Gasteiger charge is 2.53. The summed E-state index contributed by atoms with van der Waals surface area (Å²) in [5, 5.41) is 22.3.